The third-order valence-electron chi connectivity index (χ3n) is 3.21. The van der Waals surface area contributed by atoms with Crippen LogP contribution in [0.4, 0.5) is 0 Å². The van der Waals surface area contributed by atoms with Gasteiger partial charge in [0.1, 0.15) is 0 Å². The predicted octanol–water partition coefficient (Wildman–Crippen LogP) is 2.65. The molecule has 21 heavy (non-hydrogen) atoms. The zero-order chi connectivity index (χ0) is 15.7. The standard InChI is InChI=1S/C16H23ClN2O2/c1-3-4-16(21)18-10-12-19(13(2)20)11-9-14-5-7-15(17)8-6-14/h5-8H,3-4,9-12H2,1-2H3,(H,18,21). The van der Waals surface area contributed by atoms with E-state index in [1.165, 1.54) is 0 Å². The Morgan fingerprint density at radius 2 is 1.86 bits per heavy atom. The Bertz CT molecular complexity index is 460. The van der Waals surface area contributed by atoms with Crippen LogP contribution < -0.4 is 5.32 Å². The van der Waals surface area contributed by atoms with Crippen molar-refractivity contribution in [2.45, 2.75) is 33.1 Å². The number of rotatable bonds is 8. The van der Waals surface area contributed by atoms with E-state index in [9.17, 15) is 9.59 Å². The quantitative estimate of drug-likeness (QED) is 0.802. The summed E-state index contributed by atoms with van der Waals surface area (Å²) in [4.78, 5) is 24.7. The molecule has 116 valence electrons. The SMILES string of the molecule is CCCC(=O)NCCN(CCc1ccc(Cl)cc1)C(C)=O. The number of nitrogens with zero attached hydrogens (tertiary/aromatic N) is 1. The number of hydrogen-bond acceptors (Lipinski definition) is 2. The molecule has 0 unspecified atom stereocenters. The van der Waals surface area contributed by atoms with Crippen LogP contribution in [0.25, 0.3) is 0 Å². The lowest BCUT2D eigenvalue weighted by Gasteiger charge is -2.21. The van der Waals surface area contributed by atoms with Crippen LogP contribution in [0, 0.1) is 0 Å². The molecule has 1 N–H and O–H groups in total. The smallest absolute Gasteiger partial charge is 0.220 e. The maximum Gasteiger partial charge on any atom is 0.220 e. The van der Waals surface area contributed by atoms with E-state index in [1.54, 1.807) is 11.8 Å². The minimum Gasteiger partial charge on any atom is -0.354 e. The highest BCUT2D eigenvalue weighted by molar-refractivity contribution is 6.30. The Hall–Kier alpha value is -1.55. The summed E-state index contributed by atoms with van der Waals surface area (Å²) in [7, 11) is 0. The first kappa shape index (κ1) is 17.5. The van der Waals surface area contributed by atoms with E-state index in [1.807, 2.05) is 31.2 Å². The van der Waals surface area contributed by atoms with E-state index in [2.05, 4.69) is 5.32 Å². The van der Waals surface area contributed by atoms with Crippen LogP contribution in [-0.2, 0) is 16.0 Å². The van der Waals surface area contributed by atoms with Crippen LogP contribution in [0.15, 0.2) is 24.3 Å². The summed E-state index contributed by atoms with van der Waals surface area (Å²) in [6.07, 6.45) is 2.14. The number of halogens is 1. The lowest BCUT2D eigenvalue weighted by molar-refractivity contribution is -0.129. The van der Waals surface area contributed by atoms with Gasteiger partial charge in [0.25, 0.3) is 0 Å². The summed E-state index contributed by atoms with van der Waals surface area (Å²) in [5.74, 6) is 0.0624. The van der Waals surface area contributed by atoms with Crippen molar-refractivity contribution >= 4 is 23.4 Å². The molecule has 0 radical (unpaired) electrons. The number of benzene rings is 1. The fourth-order valence-electron chi connectivity index (χ4n) is 1.99. The molecule has 5 heteroatoms. The van der Waals surface area contributed by atoms with Crippen LogP contribution in [0.3, 0.4) is 0 Å². The Morgan fingerprint density at radius 3 is 2.43 bits per heavy atom. The predicted molar refractivity (Wildman–Crippen MR) is 85.3 cm³/mol. The molecule has 0 aliphatic rings. The van der Waals surface area contributed by atoms with Crippen LogP contribution >= 0.6 is 11.6 Å². The fourth-order valence-corrected chi connectivity index (χ4v) is 2.11. The lowest BCUT2D eigenvalue weighted by atomic mass is 10.1. The van der Waals surface area contributed by atoms with Gasteiger partial charge in [-0.1, -0.05) is 30.7 Å². The highest BCUT2D eigenvalue weighted by Gasteiger charge is 2.09. The van der Waals surface area contributed by atoms with Gasteiger partial charge in [-0.25, -0.2) is 0 Å². The molecule has 0 spiro atoms. The van der Waals surface area contributed by atoms with E-state index < -0.39 is 0 Å². The van der Waals surface area contributed by atoms with Crippen molar-refractivity contribution in [3.8, 4) is 0 Å². The monoisotopic (exact) mass is 310 g/mol. The van der Waals surface area contributed by atoms with Crippen molar-refractivity contribution in [3.63, 3.8) is 0 Å². The number of amides is 2. The van der Waals surface area contributed by atoms with Gasteiger partial charge in [0.15, 0.2) is 0 Å². The lowest BCUT2D eigenvalue weighted by Crippen LogP contribution is -2.38. The molecule has 0 heterocycles. The van der Waals surface area contributed by atoms with Gasteiger partial charge in [-0.15, -0.1) is 0 Å². The molecule has 1 aromatic carbocycles. The van der Waals surface area contributed by atoms with Crippen LogP contribution in [0.2, 0.25) is 5.02 Å². The van der Waals surface area contributed by atoms with Crippen molar-refractivity contribution < 1.29 is 9.59 Å². The highest BCUT2D eigenvalue weighted by atomic mass is 35.5. The van der Waals surface area contributed by atoms with Crippen molar-refractivity contribution in [1.29, 1.82) is 0 Å². The second kappa shape index (κ2) is 9.40. The van der Waals surface area contributed by atoms with Gasteiger partial charge in [-0.05, 0) is 30.5 Å². The number of carbonyl (C=O) groups is 2. The summed E-state index contributed by atoms with van der Waals surface area (Å²) >= 11 is 5.84. The second-order valence-electron chi connectivity index (χ2n) is 4.98. The normalized spacial score (nSPS) is 10.2. The van der Waals surface area contributed by atoms with Crippen molar-refractivity contribution in [3.05, 3.63) is 34.9 Å². The van der Waals surface area contributed by atoms with Crippen molar-refractivity contribution in [2.24, 2.45) is 0 Å². The van der Waals surface area contributed by atoms with Gasteiger partial charge in [-0.3, -0.25) is 9.59 Å². The van der Waals surface area contributed by atoms with E-state index >= 15 is 0 Å². The molecule has 2 amide bonds. The molecule has 0 saturated heterocycles. The topological polar surface area (TPSA) is 49.4 Å². The largest absolute Gasteiger partial charge is 0.354 e. The van der Waals surface area contributed by atoms with Gasteiger partial charge in [-0.2, -0.15) is 0 Å². The molecule has 0 saturated carbocycles. The zero-order valence-corrected chi connectivity index (χ0v) is 13.4. The third-order valence-corrected chi connectivity index (χ3v) is 3.46. The summed E-state index contributed by atoms with van der Waals surface area (Å²) in [6.45, 7) is 5.20. The van der Waals surface area contributed by atoms with Crippen molar-refractivity contribution in [1.82, 2.24) is 10.2 Å². The zero-order valence-electron chi connectivity index (χ0n) is 12.7. The minimum atomic E-state index is 0.0219. The van der Waals surface area contributed by atoms with Crippen LogP contribution in [-0.4, -0.2) is 36.3 Å². The first-order valence-electron chi connectivity index (χ1n) is 7.29. The van der Waals surface area contributed by atoms with Gasteiger partial charge < -0.3 is 10.2 Å². The Kier molecular flexibility index (Phi) is 7.83. The molecule has 0 aliphatic carbocycles. The van der Waals surface area contributed by atoms with Crippen LogP contribution in [0.5, 0.6) is 0 Å². The summed E-state index contributed by atoms with van der Waals surface area (Å²) in [5.41, 5.74) is 1.14. The highest BCUT2D eigenvalue weighted by Crippen LogP contribution is 2.10. The average Bonchev–Trinajstić information content (AvgIpc) is 2.44. The molecule has 0 aromatic heterocycles. The van der Waals surface area contributed by atoms with E-state index in [0.717, 1.165) is 18.4 Å². The van der Waals surface area contributed by atoms with Gasteiger partial charge >= 0.3 is 0 Å². The molecular formula is C16H23ClN2O2. The van der Waals surface area contributed by atoms with E-state index in [-0.39, 0.29) is 11.8 Å². The molecule has 4 nitrogen and oxygen atoms in total. The Balaban J connectivity index is 2.38. The summed E-state index contributed by atoms with van der Waals surface area (Å²) < 4.78 is 0. The molecule has 1 rings (SSSR count). The minimum absolute atomic E-state index is 0.0219. The first-order chi connectivity index (χ1) is 10.0. The van der Waals surface area contributed by atoms with E-state index in [4.69, 9.17) is 11.6 Å². The number of hydrogen-bond donors (Lipinski definition) is 1. The maximum atomic E-state index is 11.6. The molecule has 0 atom stereocenters. The Labute approximate surface area is 131 Å². The molecule has 0 bridgehead atoms. The van der Waals surface area contributed by atoms with Gasteiger partial charge in [0, 0.05) is 38.0 Å². The van der Waals surface area contributed by atoms with Gasteiger partial charge in [0.05, 0.1) is 0 Å². The fraction of sp³-hybridized carbons (Fsp3) is 0.500. The number of nitrogens with one attached hydrogen (secondary N) is 1. The first-order valence-corrected chi connectivity index (χ1v) is 7.67. The summed E-state index contributed by atoms with van der Waals surface area (Å²) in [6, 6.07) is 7.62. The second-order valence-corrected chi connectivity index (χ2v) is 5.42. The van der Waals surface area contributed by atoms with Crippen LogP contribution in [0.1, 0.15) is 32.3 Å². The van der Waals surface area contributed by atoms with Gasteiger partial charge in [0.2, 0.25) is 11.8 Å². The molecule has 0 fully saturated rings. The average molecular weight is 311 g/mol. The third kappa shape index (κ3) is 7.14. The van der Waals surface area contributed by atoms with E-state index in [0.29, 0.717) is 31.1 Å². The number of carbonyl (C=O) groups excluding carboxylic acids is 2. The molecule has 0 aliphatic heterocycles. The molecular weight excluding hydrogens is 288 g/mol. The summed E-state index contributed by atoms with van der Waals surface area (Å²) in [5, 5.41) is 3.53. The Morgan fingerprint density at radius 1 is 1.19 bits per heavy atom. The maximum absolute atomic E-state index is 11.6. The molecule has 1 aromatic rings. The van der Waals surface area contributed by atoms with Crippen molar-refractivity contribution in [2.75, 3.05) is 19.6 Å².